The summed E-state index contributed by atoms with van der Waals surface area (Å²) in [5.74, 6) is -0.0555. The Morgan fingerprint density at radius 2 is 2.15 bits per heavy atom. The highest BCUT2D eigenvalue weighted by Crippen LogP contribution is 2.18. The lowest BCUT2D eigenvalue weighted by Gasteiger charge is -2.16. The van der Waals surface area contributed by atoms with E-state index in [0.717, 1.165) is 6.07 Å². The van der Waals surface area contributed by atoms with Gasteiger partial charge in [0.25, 0.3) is 5.91 Å². The molecular weight excluding hydrogens is 286 g/mol. The molecule has 0 saturated carbocycles. The summed E-state index contributed by atoms with van der Waals surface area (Å²) < 4.78 is 26.4. The number of hydrogen-bond acceptors (Lipinski definition) is 4. The van der Waals surface area contributed by atoms with Crippen LogP contribution in [0.3, 0.4) is 0 Å². The highest BCUT2D eigenvalue weighted by Gasteiger charge is 2.28. The summed E-state index contributed by atoms with van der Waals surface area (Å²) in [5, 5.41) is 8.71. The van der Waals surface area contributed by atoms with Crippen LogP contribution >= 0.6 is 0 Å². The van der Waals surface area contributed by atoms with Crippen molar-refractivity contribution in [3.8, 4) is 12.3 Å². The number of nitrogens with zero attached hydrogens (tertiary/aromatic N) is 2. The number of nitrogens with two attached hydrogens (primary N) is 1. The van der Waals surface area contributed by atoms with Gasteiger partial charge in [-0.2, -0.15) is 4.31 Å². The van der Waals surface area contributed by atoms with Crippen molar-refractivity contribution >= 4 is 21.9 Å². The van der Waals surface area contributed by atoms with Crippen LogP contribution in [-0.4, -0.2) is 47.4 Å². The number of aliphatic carboxylic acids is 1. The summed E-state index contributed by atoms with van der Waals surface area (Å²) >= 11 is 0. The van der Waals surface area contributed by atoms with Crippen molar-refractivity contribution in [3.63, 3.8) is 0 Å². The minimum atomic E-state index is -4.11. The molecule has 9 heteroatoms. The molecule has 1 aromatic rings. The zero-order valence-electron chi connectivity index (χ0n) is 10.6. The van der Waals surface area contributed by atoms with Crippen LogP contribution in [0.5, 0.6) is 0 Å². The number of aryl methyl sites for hydroxylation is 1. The van der Waals surface area contributed by atoms with E-state index in [1.807, 2.05) is 0 Å². The Labute approximate surface area is 115 Å². The first-order valence-corrected chi connectivity index (χ1v) is 6.75. The molecule has 1 heterocycles. The summed E-state index contributed by atoms with van der Waals surface area (Å²) in [6.07, 6.45) is 6.20. The van der Waals surface area contributed by atoms with Crippen LogP contribution in [0.1, 0.15) is 10.5 Å². The van der Waals surface area contributed by atoms with Gasteiger partial charge in [-0.25, -0.2) is 8.42 Å². The normalized spacial score (nSPS) is 11.2. The third kappa shape index (κ3) is 3.17. The number of carboxylic acid groups (broad SMARTS) is 1. The standard InChI is InChI=1S/C11H13N3O5S/c1-3-4-14(7-10(15)16)20(18,19)8-5-9(11(12)17)13(2)6-8/h1,5-6H,4,7H2,2H3,(H2,12,17)(H,15,16). The first kappa shape index (κ1) is 15.7. The number of primary amides is 1. The van der Waals surface area contributed by atoms with Gasteiger partial charge in [0.1, 0.15) is 17.1 Å². The number of amides is 1. The molecule has 8 nitrogen and oxygen atoms in total. The summed E-state index contributed by atoms with van der Waals surface area (Å²) in [7, 11) is -2.67. The third-order valence-corrected chi connectivity index (χ3v) is 4.21. The molecular formula is C11H13N3O5S. The molecule has 1 amide bonds. The van der Waals surface area contributed by atoms with E-state index in [1.54, 1.807) is 0 Å². The fourth-order valence-corrected chi connectivity index (χ4v) is 2.92. The van der Waals surface area contributed by atoms with Gasteiger partial charge >= 0.3 is 5.97 Å². The van der Waals surface area contributed by atoms with E-state index in [4.69, 9.17) is 17.3 Å². The lowest BCUT2D eigenvalue weighted by Crippen LogP contribution is -2.35. The van der Waals surface area contributed by atoms with Crippen LogP contribution in [0.2, 0.25) is 0 Å². The predicted octanol–water partition coefficient (Wildman–Crippen LogP) is -1.17. The van der Waals surface area contributed by atoms with E-state index in [2.05, 4.69) is 5.92 Å². The molecule has 1 rings (SSSR count). The summed E-state index contributed by atoms with van der Waals surface area (Å²) in [4.78, 5) is 21.5. The molecule has 0 atom stereocenters. The van der Waals surface area contributed by atoms with Gasteiger partial charge in [0.15, 0.2) is 0 Å². The Bertz CT molecular complexity index is 683. The van der Waals surface area contributed by atoms with Gasteiger partial charge < -0.3 is 15.4 Å². The van der Waals surface area contributed by atoms with E-state index in [1.165, 1.54) is 17.8 Å². The number of carbonyl (C=O) groups is 2. The van der Waals surface area contributed by atoms with Crippen molar-refractivity contribution in [2.45, 2.75) is 4.90 Å². The number of carboxylic acids is 1. The molecule has 0 radical (unpaired) electrons. The molecule has 0 fully saturated rings. The van der Waals surface area contributed by atoms with E-state index in [9.17, 15) is 18.0 Å². The average Bonchev–Trinajstić information content (AvgIpc) is 2.71. The summed E-state index contributed by atoms with van der Waals surface area (Å²) in [6.45, 7) is -1.16. The number of carbonyl (C=O) groups excluding carboxylic acids is 1. The second-order valence-electron chi connectivity index (χ2n) is 3.91. The number of aromatic nitrogens is 1. The first-order valence-electron chi connectivity index (χ1n) is 5.31. The van der Waals surface area contributed by atoms with Crippen LogP contribution in [0.25, 0.3) is 0 Å². The summed E-state index contributed by atoms with van der Waals surface area (Å²) in [6, 6.07) is 1.07. The Kier molecular flexibility index (Phi) is 4.54. The van der Waals surface area contributed by atoms with Gasteiger partial charge in [-0.1, -0.05) is 5.92 Å². The Morgan fingerprint density at radius 3 is 2.55 bits per heavy atom. The molecule has 20 heavy (non-hydrogen) atoms. The third-order valence-electron chi connectivity index (χ3n) is 2.45. The van der Waals surface area contributed by atoms with Crippen molar-refractivity contribution in [2.24, 2.45) is 12.8 Å². The Hall–Kier alpha value is -2.31. The first-order chi connectivity index (χ1) is 9.20. The molecule has 0 unspecified atom stereocenters. The summed E-state index contributed by atoms with van der Waals surface area (Å²) in [5.41, 5.74) is 5.08. The van der Waals surface area contributed by atoms with E-state index in [-0.39, 0.29) is 10.6 Å². The molecule has 0 spiro atoms. The Morgan fingerprint density at radius 1 is 1.55 bits per heavy atom. The SMILES string of the molecule is C#CCN(CC(=O)O)S(=O)(=O)c1cc(C(N)=O)n(C)c1. The highest BCUT2D eigenvalue weighted by atomic mass is 32.2. The largest absolute Gasteiger partial charge is 0.480 e. The fourth-order valence-electron chi connectivity index (χ4n) is 1.55. The van der Waals surface area contributed by atoms with Gasteiger partial charge in [0.2, 0.25) is 10.0 Å². The maximum absolute atomic E-state index is 12.2. The number of terminal acetylenes is 1. The van der Waals surface area contributed by atoms with Crippen molar-refractivity contribution in [2.75, 3.05) is 13.1 Å². The number of hydrogen-bond donors (Lipinski definition) is 2. The van der Waals surface area contributed by atoms with Gasteiger partial charge in [-0.3, -0.25) is 9.59 Å². The zero-order valence-corrected chi connectivity index (χ0v) is 11.4. The second-order valence-corrected chi connectivity index (χ2v) is 5.85. The molecule has 3 N–H and O–H groups in total. The van der Waals surface area contributed by atoms with Crippen molar-refractivity contribution < 1.29 is 23.1 Å². The van der Waals surface area contributed by atoms with Crippen molar-refractivity contribution in [1.29, 1.82) is 0 Å². The highest BCUT2D eigenvalue weighted by molar-refractivity contribution is 7.89. The van der Waals surface area contributed by atoms with Crippen LogP contribution in [0.4, 0.5) is 0 Å². The predicted molar refractivity (Wildman–Crippen MR) is 69.2 cm³/mol. The van der Waals surface area contributed by atoms with Crippen molar-refractivity contribution in [1.82, 2.24) is 8.87 Å². The van der Waals surface area contributed by atoms with Gasteiger partial charge in [-0.05, 0) is 6.07 Å². The van der Waals surface area contributed by atoms with E-state index < -0.39 is 35.0 Å². The van der Waals surface area contributed by atoms with Gasteiger partial charge in [0.05, 0.1) is 6.54 Å². The molecule has 0 saturated heterocycles. The topological polar surface area (TPSA) is 123 Å². The molecule has 0 aliphatic heterocycles. The fraction of sp³-hybridized carbons (Fsp3) is 0.273. The smallest absolute Gasteiger partial charge is 0.318 e. The quantitative estimate of drug-likeness (QED) is 0.641. The maximum atomic E-state index is 12.2. The van der Waals surface area contributed by atoms with Gasteiger partial charge in [-0.15, -0.1) is 6.42 Å². The Balaban J connectivity index is 3.26. The lowest BCUT2D eigenvalue weighted by atomic mass is 10.4. The minimum Gasteiger partial charge on any atom is -0.480 e. The van der Waals surface area contributed by atoms with Crippen molar-refractivity contribution in [3.05, 3.63) is 18.0 Å². The lowest BCUT2D eigenvalue weighted by molar-refractivity contribution is -0.137. The number of sulfonamides is 1. The molecule has 0 aromatic carbocycles. The van der Waals surface area contributed by atoms with E-state index in [0.29, 0.717) is 4.31 Å². The molecule has 108 valence electrons. The van der Waals surface area contributed by atoms with Crippen LogP contribution < -0.4 is 5.73 Å². The van der Waals surface area contributed by atoms with Gasteiger partial charge in [0, 0.05) is 13.2 Å². The van der Waals surface area contributed by atoms with Crippen LogP contribution in [0.15, 0.2) is 17.2 Å². The molecule has 0 bridgehead atoms. The molecule has 0 aliphatic carbocycles. The molecule has 0 aliphatic rings. The zero-order chi connectivity index (χ0) is 15.5. The average molecular weight is 299 g/mol. The van der Waals surface area contributed by atoms with Crippen LogP contribution in [0, 0.1) is 12.3 Å². The number of rotatable bonds is 6. The molecule has 1 aromatic heterocycles. The van der Waals surface area contributed by atoms with Crippen LogP contribution in [-0.2, 0) is 21.9 Å². The maximum Gasteiger partial charge on any atom is 0.318 e. The second kappa shape index (κ2) is 5.77. The monoisotopic (exact) mass is 299 g/mol. The van der Waals surface area contributed by atoms with E-state index >= 15 is 0 Å². The minimum absolute atomic E-state index is 0.0143.